The van der Waals surface area contributed by atoms with Gasteiger partial charge >= 0.3 is 0 Å². The highest BCUT2D eigenvalue weighted by atomic mass is 19.1. The summed E-state index contributed by atoms with van der Waals surface area (Å²) in [6.45, 7) is 1.08. The minimum atomic E-state index is -0.247. The second-order valence-corrected chi connectivity index (χ2v) is 3.43. The van der Waals surface area contributed by atoms with Crippen molar-refractivity contribution in [1.29, 1.82) is 0 Å². The molecule has 1 aliphatic rings. The summed E-state index contributed by atoms with van der Waals surface area (Å²) in [6.07, 6.45) is 0.494. The summed E-state index contributed by atoms with van der Waals surface area (Å²) in [7, 11) is 0. The van der Waals surface area contributed by atoms with E-state index in [1.54, 1.807) is 6.07 Å². The summed E-state index contributed by atoms with van der Waals surface area (Å²) in [6, 6.07) is 6.41. The van der Waals surface area contributed by atoms with Gasteiger partial charge in [0.05, 0.1) is 6.54 Å². The summed E-state index contributed by atoms with van der Waals surface area (Å²) in [4.78, 5) is 4.20. The highest BCUT2D eigenvalue weighted by Crippen LogP contribution is 2.23. The average Bonchev–Trinajstić information content (AvgIpc) is 2.67. The molecule has 2 rings (SSSR count). The molecule has 1 heterocycles. The molecule has 1 atom stereocenters. The molecule has 0 saturated carbocycles. The molecule has 0 saturated heterocycles. The van der Waals surface area contributed by atoms with Crippen LogP contribution in [0.1, 0.15) is 18.1 Å². The van der Waals surface area contributed by atoms with Gasteiger partial charge in [-0.3, -0.25) is 4.99 Å². The van der Waals surface area contributed by atoms with Crippen LogP contribution in [0.5, 0.6) is 0 Å². The van der Waals surface area contributed by atoms with E-state index >= 15 is 0 Å². The van der Waals surface area contributed by atoms with Gasteiger partial charge in [-0.15, -0.1) is 0 Å². The van der Waals surface area contributed by atoms with E-state index in [9.17, 15) is 4.39 Å². The molecule has 15 heavy (non-hydrogen) atoms. The zero-order valence-electron chi connectivity index (χ0n) is 8.32. The van der Waals surface area contributed by atoms with Crippen LogP contribution < -0.4 is 5.73 Å². The van der Waals surface area contributed by atoms with E-state index in [1.807, 2.05) is 6.07 Å². The molecular weight excluding hydrogens is 195 g/mol. The zero-order valence-corrected chi connectivity index (χ0v) is 8.32. The van der Waals surface area contributed by atoms with Crippen molar-refractivity contribution in [2.75, 3.05) is 13.1 Å². The monoisotopic (exact) mass is 208 g/mol. The lowest BCUT2D eigenvalue weighted by atomic mass is 10.1. The Balaban J connectivity index is 2.04. The summed E-state index contributed by atoms with van der Waals surface area (Å²) < 4.78 is 18.5. The number of halogens is 1. The van der Waals surface area contributed by atoms with Crippen molar-refractivity contribution in [3.8, 4) is 0 Å². The summed E-state index contributed by atoms with van der Waals surface area (Å²) in [5.74, 6) is 0.426. The van der Waals surface area contributed by atoms with E-state index in [4.69, 9.17) is 10.5 Å². The number of ether oxygens (including phenoxy) is 1. The van der Waals surface area contributed by atoms with Crippen molar-refractivity contribution in [2.24, 2.45) is 10.7 Å². The third kappa shape index (κ3) is 2.33. The normalized spacial score (nSPS) is 19.9. The van der Waals surface area contributed by atoms with Gasteiger partial charge in [0.25, 0.3) is 0 Å². The fraction of sp³-hybridized carbons (Fsp3) is 0.364. The maximum absolute atomic E-state index is 13.0. The van der Waals surface area contributed by atoms with Crippen LogP contribution in [0.25, 0.3) is 0 Å². The lowest BCUT2D eigenvalue weighted by molar-refractivity contribution is 0.223. The summed E-state index contributed by atoms with van der Waals surface area (Å²) in [5, 5.41) is 0. The predicted octanol–water partition coefficient (Wildman–Crippen LogP) is 1.64. The SMILES string of the molecule is NCCC1=NCC(c2cccc(F)c2)O1. The van der Waals surface area contributed by atoms with Crippen LogP contribution in [0.15, 0.2) is 29.3 Å². The van der Waals surface area contributed by atoms with Gasteiger partial charge in [-0.05, 0) is 17.7 Å². The van der Waals surface area contributed by atoms with Crippen molar-refractivity contribution < 1.29 is 9.13 Å². The molecule has 1 aromatic rings. The Kier molecular flexibility index (Phi) is 2.97. The molecule has 0 fully saturated rings. The van der Waals surface area contributed by atoms with Crippen LogP contribution in [0.4, 0.5) is 4.39 Å². The van der Waals surface area contributed by atoms with Gasteiger partial charge in [0.15, 0.2) is 5.90 Å². The maximum Gasteiger partial charge on any atom is 0.185 e. The average molecular weight is 208 g/mol. The number of benzene rings is 1. The number of nitrogens with two attached hydrogens (primary N) is 1. The minimum absolute atomic E-state index is 0.151. The smallest absolute Gasteiger partial charge is 0.185 e. The molecule has 2 N–H and O–H groups in total. The second kappa shape index (κ2) is 4.40. The van der Waals surface area contributed by atoms with Crippen molar-refractivity contribution in [2.45, 2.75) is 12.5 Å². The minimum Gasteiger partial charge on any atom is -0.471 e. The Morgan fingerprint density at radius 2 is 2.40 bits per heavy atom. The lowest BCUT2D eigenvalue weighted by Gasteiger charge is -2.11. The first kappa shape index (κ1) is 10.1. The van der Waals surface area contributed by atoms with Crippen LogP contribution in [-0.4, -0.2) is 19.0 Å². The fourth-order valence-corrected chi connectivity index (χ4v) is 1.57. The quantitative estimate of drug-likeness (QED) is 0.820. The van der Waals surface area contributed by atoms with Crippen molar-refractivity contribution in [1.82, 2.24) is 0 Å². The molecular formula is C11H13FN2O. The maximum atomic E-state index is 13.0. The fourth-order valence-electron chi connectivity index (χ4n) is 1.57. The molecule has 1 aromatic carbocycles. The first-order chi connectivity index (χ1) is 7.29. The third-order valence-corrected chi connectivity index (χ3v) is 2.29. The van der Waals surface area contributed by atoms with E-state index in [0.717, 1.165) is 5.56 Å². The highest BCUT2D eigenvalue weighted by Gasteiger charge is 2.20. The molecule has 1 aliphatic heterocycles. The number of nitrogens with zero attached hydrogens (tertiary/aromatic N) is 1. The van der Waals surface area contributed by atoms with E-state index in [2.05, 4.69) is 4.99 Å². The Bertz CT molecular complexity index is 379. The van der Waals surface area contributed by atoms with E-state index in [1.165, 1.54) is 12.1 Å². The van der Waals surface area contributed by atoms with Crippen molar-refractivity contribution in [3.05, 3.63) is 35.6 Å². The first-order valence-corrected chi connectivity index (χ1v) is 4.95. The molecule has 0 radical (unpaired) electrons. The van der Waals surface area contributed by atoms with Crippen LogP contribution >= 0.6 is 0 Å². The van der Waals surface area contributed by atoms with Gasteiger partial charge in [0.2, 0.25) is 0 Å². The third-order valence-electron chi connectivity index (χ3n) is 2.29. The largest absolute Gasteiger partial charge is 0.471 e. The predicted molar refractivity (Wildman–Crippen MR) is 56.2 cm³/mol. The molecule has 4 heteroatoms. The molecule has 0 aliphatic carbocycles. The molecule has 1 unspecified atom stereocenters. The molecule has 0 spiro atoms. The van der Waals surface area contributed by atoms with Gasteiger partial charge in [0, 0.05) is 13.0 Å². The Hall–Kier alpha value is -1.42. The van der Waals surface area contributed by atoms with Crippen molar-refractivity contribution >= 4 is 5.90 Å². The van der Waals surface area contributed by atoms with E-state index < -0.39 is 0 Å². The molecule has 0 bridgehead atoms. The highest BCUT2D eigenvalue weighted by molar-refractivity contribution is 5.78. The summed E-state index contributed by atoms with van der Waals surface area (Å²) in [5.41, 5.74) is 6.22. The van der Waals surface area contributed by atoms with Gasteiger partial charge in [-0.1, -0.05) is 12.1 Å². The molecule has 3 nitrogen and oxygen atoms in total. The molecule has 0 amide bonds. The summed E-state index contributed by atoms with van der Waals surface area (Å²) >= 11 is 0. The second-order valence-electron chi connectivity index (χ2n) is 3.43. The Morgan fingerprint density at radius 3 is 3.13 bits per heavy atom. The van der Waals surface area contributed by atoms with Crippen LogP contribution in [-0.2, 0) is 4.74 Å². The van der Waals surface area contributed by atoms with Gasteiger partial charge < -0.3 is 10.5 Å². The number of hydrogen-bond donors (Lipinski definition) is 1. The van der Waals surface area contributed by atoms with Crippen LogP contribution in [0.3, 0.4) is 0 Å². The van der Waals surface area contributed by atoms with Gasteiger partial charge in [-0.25, -0.2) is 4.39 Å². The first-order valence-electron chi connectivity index (χ1n) is 4.95. The number of rotatable bonds is 3. The Labute approximate surface area is 87.8 Å². The van der Waals surface area contributed by atoms with Crippen LogP contribution in [0.2, 0.25) is 0 Å². The van der Waals surface area contributed by atoms with Gasteiger partial charge in [-0.2, -0.15) is 0 Å². The molecule has 0 aromatic heterocycles. The standard InChI is InChI=1S/C11H13FN2O/c12-9-3-1-2-8(6-9)10-7-14-11(15-10)4-5-13/h1-3,6,10H,4-5,7,13H2. The number of aliphatic imine (C=N–C) groups is 1. The van der Waals surface area contributed by atoms with Crippen molar-refractivity contribution in [3.63, 3.8) is 0 Å². The molecule has 80 valence electrons. The number of hydrogen-bond acceptors (Lipinski definition) is 3. The lowest BCUT2D eigenvalue weighted by Crippen LogP contribution is -2.10. The van der Waals surface area contributed by atoms with E-state index in [-0.39, 0.29) is 11.9 Å². The van der Waals surface area contributed by atoms with E-state index in [0.29, 0.717) is 25.4 Å². The van der Waals surface area contributed by atoms with Gasteiger partial charge in [0.1, 0.15) is 11.9 Å². The van der Waals surface area contributed by atoms with Crippen LogP contribution in [0, 0.1) is 5.82 Å². The Morgan fingerprint density at radius 1 is 1.53 bits per heavy atom. The zero-order chi connectivity index (χ0) is 10.7. The topological polar surface area (TPSA) is 47.6 Å².